The number of piperidine rings is 1. The molecule has 0 spiro atoms. The predicted octanol–water partition coefficient (Wildman–Crippen LogP) is 5.19. The van der Waals surface area contributed by atoms with Gasteiger partial charge in [-0.05, 0) is 54.2 Å². The van der Waals surface area contributed by atoms with Gasteiger partial charge in [0.05, 0.1) is 11.3 Å². The molecular formula is C27H29FN4O2S. The number of aryl methyl sites for hydroxylation is 1. The van der Waals surface area contributed by atoms with Crippen LogP contribution in [0.5, 0.6) is 0 Å². The molecule has 8 heteroatoms. The normalized spacial score (nSPS) is 15.1. The fraction of sp³-hybridized carbons (Fsp3) is 0.333. The van der Waals surface area contributed by atoms with Crippen molar-refractivity contribution in [3.05, 3.63) is 78.0 Å². The predicted molar refractivity (Wildman–Crippen MR) is 138 cm³/mol. The van der Waals surface area contributed by atoms with Gasteiger partial charge in [0.2, 0.25) is 5.95 Å². The summed E-state index contributed by atoms with van der Waals surface area (Å²) in [6.45, 7) is 3.81. The molecule has 1 aliphatic heterocycles. The van der Waals surface area contributed by atoms with Crippen LogP contribution in [-0.2, 0) is 22.0 Å². The average molecular weight is 493 g/mol. The SMILES string of the molecule is CCc1cnc(N2CCC(n3ccc4cc(-c5ccc(CS(C)(=O)=O)cc5)c(F)cc43)CC2)nc1. The van der Waals surface area contributed by atoms with Gasteiger partial charge in [-0.2, -0.15) is 0 Å². The van der Waals surface area contributed by atoms with E-state index in [0.717, 1.165) is 60.3 Å². The molecule has 0 amide bonds. The number of hydrogen-bond acceptors (Lipinski definition) is 5. The highest BCUT2D eigenvalue weighted by atomic mass is 32.2. The molecule has 1 saturated heterocycles. The zero-order valence-electron chi connectivity index (χ0n) is 20.0. The minimum atomic E-state index is -3.11. The summed E-state index contributed by atoms with van der Waals surface area (Å²) >= 11 is 0. The minimum absolute atomic E-state index is 0.0212. The third kappa shape index (κ3) is 5.07. The summed E-state index contributed by atoms with van der Waals surface area (Å²) in [6, 6.07) is 12.9. The first-order valence-corrected chi connectivity index (χ1v) is 14.0. The van der Waals surface area contributed by atoms with Crippen molar-refractivity contribution < 1.29 is 12.8 Å². The first-order chi connectivity index (χ1) is 16.8. The zero-order valence-corrected chi connectivity index (χ0v) is 20.8. The van der Waals surface area contributed by atoms with Crippen molar-refractivity contribution >= 4 is 26.7 Å². The Balaban J connectivity index is 1.33. The molecule has 0 saturated carbocycles. The maximum atomic E-state index is 15.2. The number of benzene rings is 2. The Morgan fingerprint density at radius 3 is 2.31 bits per heavy atom. The van der Waals surface area contributed by atoms with E-state index in [2.05, 4.69) is 32.6 Å². The molecule has 0 atom stereocenters. The molecule has 2 aromatic heterocycles. The molecule has 1 aliphatic rings. The Hall–Kier alpha value is -3.26. The van der Waals surface area contributed by atoms with Crippen LogP contribution in [-0.4, -0.2) is 42.3 Å². The van der Waals surface area contributed by atoms with Gasteiger partial charge in [-0.1, -0.05) is 31.2 Å². The number of hydrogen-bond donors (Lipinski definition) is 0. The topological polar surface area (TPSA) is 68.1 Å². The van der Waals surface area contributed by atoms with Crippen LogP contribution in [0.4, 0.5) is 10.3 Å². The monoisotopic (exact) mass is 492 g/mol. The van der Waals surface area contributed by atoms with Crippen molar-refractivity contribution in [3.63, 3.8) is 0 Å². The van der Waals surface area contributed by atoms with Crippen molar-refractivity contribution in [2.45, 2.75) is 38.0 Å². The molecular weight excluding hydrogens is 463 g/mol. The molecule has 0 aliphatic carbocycles. The van der Waals surface area contributed by atoms with Gasteiger partial charge in [-0.25, -0.2) is 22.8 Å². The van der Waals surface area contributed by atoms with Gasteiger partial charge in [-0.15, -0.1) is 0 Å². The summed E-state index contributed by atoms with van der Waals surface area (Å²) in [4.78, 5) is 11.2. The largest absolute Gasteiger partial charge is 0.344 e. The van der Waals surface area contributed by atoms with Crippen LogP contribution in [0, 0.1) is 5.82 Å². The number of sulfone groups is 1. The second-order valence-corrected chi connectivity index (χ2v) is 11.5. The first-order valence-electron chi connectivity index (χ1n) is 11.9. The van der Waals surface area contributed by atoms with Crippen molar-refractivity contribution in [1.82, 2.24) is 14.5 Å². The maximum Gasteiger partial charge on any atom is 0.225 e. The number of anilines is 1. The van der Waals surface area contributed by atoms with Gasteiger partial charge in [0.1, 0.15) is 5.82 Å². The van der Waals surface area contributed by atoms with Crippen LogP contribution in [0.15, 0.2) is 61.1 Å². The molecule has 3 heterocycles. The highest BCUT2D eigenvalue weighted by Crippen LogP contribution is 2.33. The van der Waals surface area contributed by atoms with Gasteiger partial charge in [0, 0.05) is 54.9 Å². The van der Waals surface area contributed by atoms with E-state index in [1.165, 1.54) is 6.26 Å². The van der Waals surface area contributed by atoms with Crippen LogP contribution < -0.4 is 4.90 Å². The van der Waals surface area contributed by atoms with Crippen LogP contribution in [0.2, 0.25) is 0 Å². The molecule has 1 fully saturated rings. The molecule has 182 valence electrons. The van der Waals surface area contributed by atoms with Crippen molar-refractivity contribution in [2.24, 2.45) is 0 Å². The fourth-order valence-electron chi connectivity index (χ4n) is 4.84. The first kappa shape index (κ1) is 23.5. The molecule has 6 nitrogen and oxygen atoms in total. The summed E-state index contributed by atoms with van der Waals surface area (Å²) in [5, 5.41) is 0.988. The van der Waals surface area contributed by atoms with Gasteiger partial charge >= 0.3 is 0 Å². The molecule has 0 radical (unpaired) electrons. The van der Waals surface area contributed by atoms with E-state index in [4.69, 9.17) is 0 Å². The lowest BCUT2D eigenvalue weighted by atomic mass is 10.0. The van der Waals surface area contributed by atoms with Crippen LogP contribution >= 0.6 is 0 Å². The number of halogens is 1. The molecule has 0 unspecified atom stereocenters. The lowest BCUT2D eigenvalue weighted by Crippen LogP contribution is -2.35. The maximum absolute atomic E-state index is 15.2. The van der Waals surface area contributed by atoms with Crippen LogP contribution in [0.3, 0.4) is 0 Å². The third-order valence-electron chi connectivity index (χ3n) is 6.74. The van der Waals surface area contributed by atoms with E-state index < -0.39 is 9.84 Å². The van der Waals surface area contributed by atoms with Gasteiger partial charge in [0.25, 0.3) is 0 Å². The summed E-state index contributed by atoms with van der Waals surface area (Å²) in [7, 11) is -3.11. The van der Waals surface area contributed by atoms with Crippen LogP contribution in [0.25, 0.3) is 22.0 Å². The van der Waals surface area contributed by atoms with E-state index in [1.807, 2.05) is 24.5 Å². The molecule has 2 aromatic carbocycles. The third-order valence-corrected chi connectivity index (χ3v) is 7.60. The highest BCUT2D eigenvalue weighted by Gasteiger charge is 2.23. The standard InChI is InChI=1S/C27H29FN4O2S/c1-3-19-16-29-27(30-17-19)31-11-9-23(10-12-31)32-13-8-22-14-24(25(28)15-26(22)32)21-6-4-20(5-7-21)18-35(2,33)34/h4-8,13-17,23H,3,9-12,18H2,1-2H3. The second-order valence-electron chi connectivity index (χ2n) is 9.34. The summed E-state index contributed by atoms with van der Waals surface area (Å²) in [5.41, 5.74) is 3.97. The van der Waals surface area contributed by atoms with E-state index in [-0.39, 0.29) is 11.6 Å². The number of rotatable bonds is 6. The Labute approximate surface area is 205 Å². The van der Waals surface area contributed by atoms with Crippen molar-refractivity contribution in [1.29, 1.82) is 0 Å². The number of nitrogens with zero attached hydrogens (tertiary/aromatic N) is 4. The lowest BCUT2D eigenvalue weighted by molar-refractivity contribution is 0.402. The quantitative estimate of drug-likeness (QED) is 0.371. The van der Waals surface area contributed by atoms with Crippen LogP contribution in [0.1, 0.15) is 36.9 Å². The molecule has 0 N–H and O–H groups in total. The Morgan fingerprint density at radius 1 is 1.00 bits per heavy atom. The molecule has 0 bridgehead atoms. The van der Waals surface area contributed by atoms with Crippen molar-refractivity contribution in [2.75, 3.05) is 24.2 Å². The highest BCUT2D eigenvalue weighted by molar-refractivity contribution is 7.89. The van der Waals surface area contributed by atoms with E-state index >= 15 is 4.39 Å². The summed E-state index contributed by atoms with van der Waals surface area (Å²) in [5.74, 6) is 0.471. The van der Waals surface area contributed by atoms with Gasteiger partial charge < -0.3 is 9.47 Å². The van der Waals surface area contributed by atoms with Gasteiger partial charge in [0.15, 0.2) is 9.84 Å². The number of aromatic nitrogens is 3. The van der Waals surface area contributed by atoms with E-state index in [9.17, 15) is 8.42 Å². The Bertz CT molecular complexity index is 1440. The van der Waals surface area contributed by atoms with Crippen molar-refractivity contribution in [3.8, 4) is 11.1 Å². The average Bonchev–Trinajstić information content (AvgIpc) is 3.26. The van der Waals surface area contributed by atoms with E-state index in [1.54, 1.807) is 30.3 Å². The fourth-order valence-corrected chi connectivity index (χ4v) is 5.64. The summed E-state index contributed by atoms with van der Waals surface area (Å²) in [6.07, 6.45) is 9.86. The lowest BCUT2D eigenvalue weighted by Gasteiger charge is -2.33. The van der Waals surface area contributed by atoms with Gasteiger partial charge in [-0.3, -0.25) is 0 Å². The Morgan fingerprint density at radius 2 is 1.69 bits per heavy atom. The molecule has 4 aromatic rings. The number of fused-ring (bicyclic) bond motifs is 1. The molecule has 35 heavy (non-hydrogen) atoms. The zero-order chi connectivity index (χ0) is 24.6. The minimum Gasteiger partial charge on any atom is -0.344 e. The molecule has 5 rings (SSSR count). The summed E-state index contributed by atoms with van der Waals surface area (Å²) < 4.78 is 40.5. The Kier molecular flexibility index (Phi) is 6.32. The van der Waals surface area contributed by atoms with E-state index in [0.29, 0.717) is 17.2 Å². The smallest absolute Gasteiger partial charge is 0.225 e. The second kappa shape index (κ2) is 9.41.